The fourth-order valence-electron chi connectivity index (χ4n) is 4.83. The summed E-state index contributed by atoms with van der Waals surface area (Å²) in [4.78, 5) is 46.9. The Kier molecular flexibility index (Phi) is 3.44. The number of anilines is 1. The minimum Gasteiger partial charge on any atom is -0.373 e. The van der Waals surface area contributed by atoms with Crippen molar-refractivity contribution in [3.8, 4) is 0 Å². The van der Waals surface area contributed by atoms with Crippen molar-refractivity contribution < 1.29 is 4.79 Å². The lowest BCUT2D eigenvalue weighted by molar-refractivity contribution is 0.0877. The van der Waals surface area contributed by atoms with Crippen LogP contribution in [0.15, 0.2) is 21.9 Å². The molecule has 8 nitrogen and oxygen atoms in total. The van der Waals surface area contributed by atoms with Gasteiger partial charge in [0.2, 0.25) is 0 Å². The number of amides is 1. The molecule has 1 aliphatic heterocycles. The van der Waals surface area contributed by atoms with Crippen LogP contribution in [0.4, 0.5) is 5.82 Å². The topological polar surface area (TPSA) is 109 Å². The third kappa shape index (κ3) is 2.05. The molecule has 28 heavy (non-hydrogen) atoms. The number of fused-ring (bicyclic) bond motifs is 4. The van der Waals surface area contributed by atoms with Crippen LogP contribution in [0.2, 0.25) is 0 Å². The second-order valence-corrected chi connectivity index (χ2v) is 7.73. The Morgan fingerprint density at radius 1 is 1.18 bits per heavy atom. The molecule has 1 amide bonds. The van der Waals surface area contributed by atoms with Crippen LogP contribution in [-0.2, 0) is 5.66 Å². The number of nitrogens with one attached hydrogen (secondary N) is 3. The van der Waals surface area contributed by atoms with Crippen LogP contribution in [0, 0.1) is 6.92 Å². The summed E-state index contributed by atoms with van der Waals surface area (Å²) in [7, 11) is 1.74. The lowest BCUT2D eigenvalue weighted by Gasteiger charge is -2.35. The smallest absolute Gasteiger partial charge is 0.277 e. The van der Waals surface area contributed by atoms with E-state index in [1.807, 2.05) is 0 Å². The van der Waals surface area contributed by atoms with E-state index in [-0.39, 0.29) is 27.8 Å². The second-order valence-electron chi connectivity index (χ2n) is 7.73. The SMILES string of the molecule is CNc1cc2[nH]c3c(=O)n4c(c(C)c3c(=O)c2cn1)C(=O)NC41CCCCC1. The van der Waals surface area contributed by atoms with Crippen molar-refractivity contribution in [1.29, 1.82) is 0 Å². The number of aromatic amines is 1. The maximum atomic E-state index is 13.5. The Bertz CT molecular complexity index is 1280. The molecule has 5 rings (SSSR count). The van der Waals surface area contributed by atoms with Crippen LogP contribution < -0.4 is 21.6 Å². The van der Waals surface area contributed by atoms with Gasteiger partial charge in [0.05, 0.1) is 16.3 Å². The molecule has 144 valence electrons. The van der Waals surface area contributed by atoms with E-state index in [4.69, 9.17) is 0 Å². The van der Waals surface area contributed by atoms with E-state index in [9.17, 15) is 14.4 Å². The minimum absolute atomic E-state index is 0.244. The number of aromatic nitrogens is 3. The van der Waals surface area contributed by atoms with Crippen molar-refractivity contribution in [2.24, 2.45) is 0 Å². The molecule has 0 radical (unpaired) electrons. The van der Waals surface area contributed by atoms with Gasteiger partial charge in [-0.15, -0.1) is 0 Å². The largest absolute Gasteiger partial charge is 0.373 e. The molecule has 0 saturated heterocycles. The number of hydrogen-bond donors (Lipinski definition) is 3. The number of H-pyrrole nitrogens is 1. The predicted octanol–water partition coefficient (Wildman–Crippen LogP) is 1.95. The van der Waals surface area contributed by atoms with E-state index in [0.717, 1.165) is 32.1 Å². The van der Waals surface area contributed by atoms with Gasteiger partial charge in [0, 0.05) is 19.3 Å². The lowest BCUT2D eigenvalue weighted by Crippen LogP contribution is -2.48. The normalized spacial score (nSPS) is 17.9. The van der Waals surface area contributed by atoms with Gasteiger partial charge in [-0.2, -0.15) is 0 Å². The highest BCUT2D eigenvalue weighted by molar-refractivity contribution is 6.03. The monoisotopic (exact) mass is 379 g/mol. The first-order valence-corrected chi connectivity index (χ1v) is 9.59. The molecule has 1 fully saturated rings. The zero-order chi connectivity index (χ0) is 19.6. The van der Waals surface area contributed by atoms with Crippen molar-refractivity contribution in [3.05, 3.63) is 44.1 Å². The summed E-state index contributed by atoms with van der Waals surface area (Å²) in [6, 6.07) is 1.71. The third-order valence-corrected chi connectivity index (χ3v) is 6.18. The van der Waals surface area contributed by atoms with Crippen molar-refractivity contribution in [1.82, 2.24) is 19.9 Å². The predicted molar refractivity (Wildman–Crippen MR) is 107 cm³/mol. The van der Waals surface area contributed by atoms with Gasteiger partial charge in [-0.25, -0.2) is 4.98 Å². The van der Waals surface area contributed by atoms with E-state index in [2.05, 4.69) is 20.6 Å². The van der Waals surface area contributed by atoms with Crippen molar-refractivity contribution in [2.45, 2.75) is 44.7 Å². The van der Waals surface area contributed by atoms with E-state index in [0.29, 0.717) is 28.0 Å². The molecule has 8 heteroatoms. The number of rotatable bonds is 1. The van der Waals surface area contributed by atoms with Crippen LogP contribution in [0.25, 0.3) is 21.8 Å². The number of hydrogen-bond acceptors (Lipinski definition) is 5. The molecule has 1 saturated carbocycles. The average Bonchev–Trinajstić information content (AvgIpc) is 2.97. The van der Waals surface area contributed by atoms with Crippen LogP contribution in [0.1, 0.15) is 48.2 Å². The Morgan fingerprint density at radius 2 is 1.93 bits per heavy atom. The Balaban J connectivity index is 1.94. The summed E-state index contributed by atoms with van der Waals surface area (Å²) in [6.07, 6.45) is 5.94. The van der Waals surface area contributed by atoms with Crippen LogP contribution in [-0.4, -0.2) is 27.5 Å². The van der Waals surface area contributed by atoms with E-state index < -0.39 is 5.66 Å². The quantitative estimate of drug-likeness (QED) is 0.560. The van der Waals surface area contributed by atoms with Gasteiger partial charge in [0.1, 0.15) is 22.7 Å². The van der Waals surface area contributed by atoms with Gasteiger partial charge in [0.25, 0.3) is 11.5 Å². The summed E-state index contributed by atoms with van der Waals surface area (Å²) in [6.45, 7) is 1.74. The lowest BCUT2D eigenvalue weighted by atomic mass is 9.89. The van der Waals surface area contributed by atoms with Gasteiger partial charge in [0.15, 0.2) is 5.43 Å². The van der Waals surface area contributed by atoms with Crippen molar-refractivity contribution in [3.63, 3.8) is 0 Å². The molecule has 0 bridgehead atoms. The Labute approximate surface area is 160 Å². The maximum Gasteiger partial charge on any atom is 0.277 e. The van der Waals surface area contributed by atoms with E-state index in [1.54, 1.807) is 24.6 Å². The molecular weight excluding hydrogens is 358 g/mol. The standard InChI is InChI=1S/C20H21N5O3/c1-10-14-15(23-12-8-13(21-2)22-9-11(12)17(14)26)19(28)25-16(10)18(27)24-20(25)6-4-3-5-7-20/h8-9H,3-7H2,1-2H3,(H,21,22)(H,23,26)(H,24,27). The number of aryl methyl sites for hydroxylation is 1. The first-order chi connectivity index (χ1) is 13.5. The Morgan fingerprint density at radius 3 is 2.64 bits per heavy atom. The molecule has 4 heterocycles. The first-order valence-electron chi connectivity index (χ1n) is 9.59. The van der Waals surface area contributed by atoms with Crippen LogP contribution in [0.3, 0.4) is 0 Å². The summed E-state index contributed by atoms with van der Waals surface area (Å²) in [5.41, 5.74) is 0.352. The summed E-state index contributed by atoms with van der Waals surface area (Å²) < 4.78 is 1.61. The molecule has 1 spiro atoms. The van der Waals surface area contributed by atoms with Gasteiger partial charge in [-0.05, 0) is 38.2 Å². The number of nitrogens with zero attached hydrogens (tertiary/aromatic N) is 2. The minimum atomic E-state index is -0.680. The Hall–Kier alpha value is -3.16. The number of carbonyl (C=O) groups is 1. The molecule has 0 atom stereocenters. The number of pyridine rings is 3. The molecule has 3 aromatic heterocycles. The van der Waals surface area contributed by atoms with Gasteiger partial charge >= 0.3 is 0 Å². The summed E-state index contributed by atoms with van der Waals surface area (Å²) in [5.74, 6) is 0.322. The van der Waals surface area contributed by atoms with E-state index in [1.165, 1.54) is 6.20 Å². The molecule has 3 aromatic rings. The highest BCUT2D eigenvalue weighted by atomic mass is 16.2. The van der Waals surface area contributed by atoms with Crippen LogP contribution >= 0.6 is 0 Å². The number of carbonyl (C=O) groups excluding carboxylic acids is 1. The molecule has 1 aliphatic carbocycles. The molecule has 0 unspecified atom stereocenters. The molecular formula is C20H21N5O3. The first kappa shape index (κ1) is 17.0. The summed E-state index contributed by atoms with van der Waals surface area (Å²) in [5, 5.41) is 6.65. The fourth-order valence-corrected chi connectivity index (χ4v) is 4.83. The van der Waals surface area contributed by atoms with Gasteiger partial charge in [-0.3, -0.25) is 19.0 Å². The maximum absolute atomic E-state index is 13.5. The van der Waals surface area contributed by atoms with E-state index >= 15 is 0 Å². The zero-order valence-electron chi connectivity index (χ0n) is 15.8. The summed E-state index contributed by atoms with van der Waals surface area (Å²) >= 11 is 0. The van der Waals surface area contributed by atoms with Crippen molar-refractivity contribution in [2.75, 3.05) is 12.4 Å². The highest BCUT2D eigenvalue weighted by Gasteiger charge is 2.45. The fraction of sp³-hybridized carbons (Fsp3) is 0.400. The third-order valence-electron chi connectivity index (χ3n) is 6.18. The second kappa shape index (κ2) is 5.67. The molecule has 0 aromatic carbocycles. The van der Waals surface area contributed by atoms with Crippen LogP contribution in [0.5, 0.6) is 0 Å². The molecule has 3 N–H and O–H groups in total. The van der Waals surface area contributed by atoms with Gasteiger partial charge < -0.3 is 15.6 Å². The zero-order valence-corrected chi connectivity index (χ0v) is 15.8. The molecule has 2 aliphatic rings. The average molecular weight is 379 g/mol. The highest BCUT2D eigenvalue weighted by Crippen LogP contribution is 2.37. The van der Waals surface area contributed by atoms with Gasteiger partial charge in [-0.1, -0.05) is 6.42 Å². The van der Waals surface area contributed by atoms with Crippen molar-refractivity contribution >= 4 is 33.5 Å².